The zero-order valence-corrected chi connectivity index (χ0v) is 29.7. The van der Waals surface area contributed by atoms with Crippen LogP contribution >= 0.6 is 12.0 Å². The van der Waals surface area contributed by atoms with Crippen LogP contribution in [0.15, 0.2) is 60.7 Å². The molecule has 3 aromatic carbocycles. The van der Waals surface area contributed by atoms with Gasteiger partial charge in [0.05, 0.1) is 22.7 Å². The van der Waals surface area contributed by atoms with Crippen LogP contribution in [-0.4, -0.2) is 65.0 Å². The van der Waals surface area contributed by atoms with Crippen LogP contribution in [-0.2, 0) is 19.5 Å². The van der Waals surface area contributed by atoms with Gasteiger partial charge in [-0.3, -0.25) is 4.55 Å². The molecule has 3 aromatic rings. The summed E-state index contributed by atoms with van der Waals surface area (Å²) in [5, 5.41) is 24.3. The first-order valence-electron chi connectivity index (χ1n) is 15.9. The van der Waals surface area contributed by atoms with Crippen LogP contribution in [0.1, 0.15) is 74.2 Å². The second kappa shape index (κ2) is 12.7. The van der Waals surface area contributed by atoms with Gasteiger partial charge in [-0.15, -0.1) is 4.33 Å². The van der Waals surface area contributed by atoms with Gasteiger partial charge in [-0.25, -0.2) is 14.6 Å². The van der Waals surface area contributed by atoms with Crippen molar-refractivity contribution in [1.82, 2.24) is 4.58 Å². The highest BCUT2D eigenvalue weighted by Crippen LogP contribution is 2.47. The van der Waals surface area contributed by atoms with E-state index in [1.165, 1.54) is 0 Å². The molecule has 6 rings (SSSR count). The Bertz CT molecular complexity index is 2190. The average molecular weight is 708 g/mol. The third-order valence-electron chi connectivity index (χ3n) is 9.36. The highest BCUT2D eigenvalue weighted by Gasteiger charge is 2.38. The number of carboxylic acids is 1. The normalized spacial score (nSPS) is 17.3. The van der Waals surface area contributed by atoms with Crippen molar-refractivity contribution in [2.75, 3.05) is 29.5 Å². The topological polar surface area (TPSA) is 146 Å². The highest BCUT2D eigenvalue weighted by molar-refractivity contribution is 7.95. The Morgan fingerprint density at radius 2 is 1.69 bits per heavy atom. The minimum Gasteiger partial charge on any atom is -0.478 e. The number of benzene rings is 3. The molecule has 0 spiro atoms. The van der Waals surface area contributed by atoms with Crippen molar-refractivity contribution >= 4 is 50.5 Å². The number of rotatable bonds is 10. The maximum absolute atomic E-state index is 12.6. The quantitative estimate of drug-likeness (QED) is 0.0488. The van der Waals surface area contributed by atoms with Gasteiger partial charge in [0.1, 0.15) is 23.8 Å². The zero-order valence-electron chi connectivity index (χ0n) is 28.1. The van der Waals surface area contributed by atoms with Crippen LogP contribution in [0.2, 0.25) is 0 Å². The fourth-order valence-corrected chi connectivity index (χ4v) is 8.67. The number of carbonyl (C=O) groups is 1. The van der Waals surface area contributed by atoms with Crippen molar-refractivity contribution in [3.8, 4) is 11.5 Å². The monoisotopic (exact) mass is 707 g/mol. The zero-order chi connectivity index (χ0) is 35.5. The van der Waals surface area contributed by atoms with Crippen LogP contribution in [0.3, 0.4) is 0 Å². The standard InChI is InChI=1S/C36H38N2O9S2/c1-7-37-29-15-31-27(13-25(29)21(17-35(37,3)4)19-48-47-46-41)33(23-11-9-10-12-24(23)34(39)40)28-14-26-22(20-49(42,43)44)18-36(5,6)38(8-2)30(26)16-32(28)45-31/h9-18H,7-8,19-20H2,1-6H3,(H2-,39,40,41,42,43,44)/p+1. The van der Waals surface area contributed by atoms with E-state index >= 15 is 0 Å². The maximum atomic E-state index is 12.6. The summed E-state index contributed by atoms with van der Waals surface area (Å²) in [6.45, 7) is 13.6. The van der Waals surface area contributed by atoms with E-state index in [1.54, 1.807) is 24.3 Å². The number of ether oxygens (including phenoxy) is 1. The number of likely N-dealkylation sites (N-methyl/N-ethyl adjacent to an activating group) is 2. The van der Waals surface area contributed by atoms with Gasteiger partial charge in [-0.1, -0.05) is 29.3 Å². The van der Waals surface area contributed by atoms with Gasteiger partial charge >= 0.3 is 5.97 Å². The fraction of sp³-hybridized carbons (Fsp3) is 0.333. The minimum atomic E-state index is -4.39. The first kappa shape index (κ1) is 34.9. The van der Waals surface area contributed by atoms with E-state index < -0.39 is 27.4 Å². The number of anilines is 1. The molecule has 3 heterocycles. The first-order chi connectivity index (χ1) is 23.1. The van der Waals surface area contributed by atoms with E-state index in [1.807, 2.05) is 51.1 Å². The molecule has 0 aromatic heterocycles. The van der Waals surface area contributed by atoms with Crippen molar-refractivity contribution in [3.05, 3.63) is 99.1 Å². The van der Waals surface area contributed by atoms with E-state index in [-0.39, 0.29) is 11.1 Å². The third-order valence-corrected chi connectivity index (χ3v) is 10.6. The summed E-state index contributed by atoms with van der Waals surface area (Å²) in [6.07, 6.45) is 3.98. The van der Waals surface area contributed by atoms with Gasteiger partial charge in [-0.2, -0.15) is 8.42 Å². The SMILES string of the molecule is CCN1c2cc3c(cc2C(CSOOO)=CC1(C)C)C(c1ccccc1C(=O)O)=c1cc2c(cc1O3)=[N+](CC)C(C)(C)C=C2CS(=O)(=O)O. The molecule has 49 heavy (non-hydrogen) atoms. The summed E-state index contributed by atoms with van der Waals surface area (Å²) >= 11 is 0.929. The molecule has 3 aliphatic heterocycles. The number of nitrogens with zero attached hydrogens (tertiary/aromatic N) is 2. The van der Waals surface area contributed by atoms with Crippen LogP contribution in [0.4, 0.5) is 5.69 Å². The van der Waals surface area contributed by atoms with Gasteiger partial charge in [0, 0.05) is 71.9 Å². The fourth-order valence-electron chi connectivity index (χ4n) is 7.59. The summed E-state index contributed by atoms with van der Waals surface area (Å²) in [5.41, 5.74) is 4.57. The molecule has 0 atom stereocenters. The summed E-state index contributed by atoms with van der Waals surface area (Å²) in [4.78, 5) is 14.9. The van der Waals surface area contributed by atoms with Gasteiger partial charge in [0.25, 0.3) is 10.1 Å². The molecule has 0 bridgehead atoms. The summed E-state index contributed by atoms with van der Waals surface area (Å²) in [6, 6.07) is 14.5. The number of hydrogen-bond donors (Lipinski definition) is 3. The van der Waals surface area contributed by atoms with Crippen molar-refractivity contribution in [1.29, 1.82) is 0 Å². The Balaban J connectivity index is 1.74. The van der Waals surface area contributed by atoms with Gasteiger partial charge < -0.3 is 14.7 Å². The van der Waals surface area contributed by atoms with Crippen molar-refractivity contribution < 1.29 is 42.2 Å². The molecule has 0 radical (unpaired) electrons. The van der Waals surface area contributed by atoms with E-state index in [0.29, 0.717) is 63.4 Å². The minimum absolute atomic E-state index is 0.0906. The van der Waals surface area contributed by atoms with Crippen molar-refractivity contribution in [2.45, 2.75) is 52.6 Å². The molecule has 3 N–H and O–H groups in total. The predicted octanol–water partition coefficient (Wildman–Crippen LogP) is 5.38. The van der Waals surface area contributed by atoms with Crippen LogP contribution < -0.4 is 24.8 Å². The second-order valence-electron chi connectivity index (χ2n) is 13.3. The Hall–Kier alpha value is -3.98. The molecular weight excluding hydrogens is 669 g/mol. The van der Waals surface area contributed by atoms with E-state index in [4.69, 9.17) is 14.3 Å². The number of carboxylic acid groups (broad SMARTS) is 1. The van der Waals surface area contributed by atoms with E-state index in [9.17, 15) is 22.9 Å². The summed E-state index contributed by atoms with van der Waals surface area (Å²) < 4.78 is 48.1. The Morgan fingerprint density at radius 3 is 2.35 bits per heavy atom. The van der Waals surface area contributed by atoms with Crippen LogP contribution in [0.25, 0.3) is 16.7 Å². The number of fused-ring (bicyclic) bond motifs is 4. The summed E-state index contributed by atoms with van der Waals surface area (Å²) in [7, 11) is -4.39. The Kier molecular flexibility index (Phi) is 9.05. The largest absolute Gasteiger partial charge is 0.478 e. The smallest absolute Gasteiger partial charge is 0.336 e. The lowest BCUT2D eigenvalue weighted by molar-refractivity contribution is -0.432. The van der Waals surface area contributed by atoms with Gasteiger partial charge in [0.2, 0.25) is 5.36 Å². The lowest BCUT2D eigenvalue weighted by Gasteiger charge is -2.43. The molecule has 3 aliphatic rings. The second-order valence-corrected chi connectivity index (χ2v) is 15.4. The van der Waals surface area contributed by atoms with Gasteiger partial charge in [-0.05, 0) is 68.7 Å². The summed E-state index contributed by atoms with van der Waals surface area (Å²) in [5.74, 6) is -0.324. The average Bonchev–Trinajstić information content (AvgIpc) is 3.01. The molecule has 11 nitrogen and oxygen atoms in total. The van der Waals surface area contributed by atoms with Gasteiger partial charge in [0.15, 0.2) is 5.54 Å². The van der Waals surface area contributed by atoms with E-state index in [0.717, 1.165) is 34.2 Å². The first-order valence-corrected chi connectivity index (χ1v) is 18.4. The molecular formula is C36H39N2O9S2+. The molecule has 0 fully saturated rings. The number of hydrogen-bond acceptors (Lipinski definition) is 9. The molecule has 13 heteroatoms. The third kappa shape index (κ3) is 6.31. The van der Waals surface area contributed by atoms with Crippen LogP contribution in [0.5, 0.6) is 11.5 Å². The van der Waals surface area contributed by atoms with Crippen molar-refractivity contribution in [3.63, 3.8) is 0 Å². The van der Waals surface area contributed by atoms with Crippen molar-refractivity contribution in [2.24, 2.45) is 0 Å². The van der Waals surface area contributed by atoms with E-state index in [2.05, 4.69) is 41.4 Å². The maximum Gasteiger partial charge on any atom is 0.336 e. The lowest BCUT2D eigenvalue weighted by Crippen LogP contribution is -2.50. The molecule has 0 saturated heterocycles. The number of aromatic carboxylic acids is 1. The molecule has 0 unspecified atom stereocenters. The Morgan fingerprint density at radius 1 is 0.959 bits per heavy atom. The predicted molar refractivity (Wildman–Crippen MR) is 190 cm³/mol. The Labute approximate surface area is 289 Å². The molecule has 0 saturated carbocycles. The lowest BCUT2D eigenvalue weighted by atomic mass is 9.83. The molecule has 0 amide bonds. The molecule has 0 aliphatic carbocycles. The van der Waals surface area contributed by atoms with Crippen LogP contribution in [0, 0.1) is 0 Å². The highest BCUT2D eigenvalue weighted by atomic mass is 32.2. The molecule has 258 valence electrons.